The number of fused-ring (bicyclic) bond motifs is 8. The van der Waals surface area contributed by atoms with E-state index in [-0.39, 0.29) is 62.0 Å². The molecule has 0 bridgehead atoms. The van der Waals surface area contributed by atoms with Gasteiger partial charge in [0.05, 0.1) is 28.1 Å². The highest BCUT2D eigenvalue weighted by atomic mass is 16.3. The second-order valence-electron chi connectivity index (χ2n) is 34.2. The SMILES string of the molecule is C=C1c2ccc3c4c(ccc(c24)C(=C)N1c1cc(Cn2c4ccccc4c4ccccc42)cc(-n2c4ccccc4c4ccccc42)c1)C(=C)N(c1cc(C(C)(C)c2ccc(O)c(N4C(=O)c5ccc6c7c(ccc(c57)C4=O)C(=O)N(c4cc(C5C7=CCC=C7C=C5c5ccccc5)cc(C5C(c7ccccc7)=Cc7ccccc75)c4)C6=O)c2)ccc1O)C3=C. The summed E-state index contributed by atoms with van der Waals surface area (Å²) in [4.78, 5) is 69.1. The molecule has 2 unspecified atom stereocenters. The summed E-state index contributed by atoms with van der Waals surface area (Å²) in [5.41, 5.74) is 26.0. The standard InChI is InChI=1S/C113H76N6O6/c1-63-79-42-44-81-65(3)116(66(4)82-45-43-80(105(79)106(81)82)64(2)115(63)76-52-67(62-114-95-36-19-15-31-85(95)86-32-16-20-37-96(86)114)53-77(61-76)117-97-38-21-17-33-87(97)88-34-18-22-39-98(88)117)99-59-74(40-50-101(99)120)113(5,6)75-41-51-102(121)100(60-75)119-111(124)91-48-46-89-107-90(47-49-92(108(91)107)112(119)125)110(123)118(109(89)122)78-55-72(103-83-30-14-13-28-70(83)57-93(103)68-24-9-7-10-25-68)54-73(56-78)104-84-35-23-29-71(84)58-94(104)69-26-11-8-12-27-69/h7-22,24-61,103-104,120-121H,1-4,23,62H2,5-6H3. The Bertz CT molecular complexity index is 7810. The van der Waals surface area contributed by atoms with Crippen LogP contribution in [0.3, 0.4) is 0 Å². The number of benzene rings is 15. The Kier molecular flexibility index (Phi) is 15.7. The van der Waals surface area contributed by atoms with Gasteiger partial charge in [-0.25, -0.2) is 9.80 Å². The van der Waals surface area contributed by atoms with E-state index in [2.05, 4.69) is 226 Å². The van der Waals surface area contributed by atoms with E-state index in [1.54, 1.807) is 42.5 Å². The normalized spacial score (nSPS) is 16.4. The molecule has 125 heavy (non-hydrogen) atoms. The van der Waals surface area contributed by atoms with Gasteiger partial charge in [0, 0.05) is 157 Å². The van der Waals surface area contributed by atoms with Gasteiger partial charge in [-0.1, -0.05) is 259 Å². The largest absolute Gasteiger partial charge is 0.506 e. The van der Waals surface area contributed by atoms with Crippen molar-refractivity contribution in [1.29, 1.82) is 0 Å². The lowest BCUT2D eigenvalue weighted by Gasteiger charge is -2.40. The Balaban J connectivity index is 0.544. The van der Waals surface area contributed by atoms with Crippen LogP contribution in [0, 0.1) is 0 Å². The van der Waals surface area contributed by atoms with E-state index in [0.717, 1.165) is 150 Å². The first kappa shape index (κ1) is 72.8. The topological polar surface area (TPSA) is 132 Å². The molecule has 0 fully saturated rings. The number of allylic oxidation sites excluding steroid dienone is 7. The maximum atomic E-state index is 15.8. The third-order valence-electron chi connectivity index (χ3n) is 27.3. The molecule has 0 saturated carbocycles. The molecule has 0 saturated heterocycles. The van der Waals surface area contributed by atoms with Crippen LogP contribution in [0.5, 0.6) is 11.5 Å². The monoisotopic (exact) mass is 1610 g/mol. The first-order valence-electron chi connectivity index (χ1n) is 42.2. The van der Waals surface area contributed by atoms with Gasteiger partial charge in [0.1, 0.15) is 11.5 Å². The molecule has 3 aliphatic carbocycles. The maximum Gasteiger partial charge on any atom is 0.266 e. The fraction of sp³-hybridized carbons (Fsp3) is 0.0619. The number of phenolic OH excluding ortho intramolecular Hbond substituents is 2. The number of anilines is 4. The fourth-order valence-corrected chi connectivity index (χ4v) is 21.4. The van der Waals surface area contributed by atoms with Gasteiger partial charge in [-0.3, -0.25) is 19.2 Å². The van der Waals surface area contributed by atoms with E-state index >= 15 is 19.2 Å². The molecule has 2 aromatic heterocycles. The number of phenols is 2. The van der Waals surface area contributed by atoms with Gasteiger partial charge in [0.15, 0.2) is 0 Å². The third-order valence-corrected chi connectivity index (χ3v) is 27.3. The number of carbonyl (C=O) groups is 4. The summed E-state index contributed by atoms with van der Waals surface area (Å²) in [6.07, 6.45) is 9.82. The molecule has 0 radical (unpaired) electrons. The summed E-state index contributed by atoms with van der Waals surface area (Å²) < 4.78 is 4.79. The minimum absolute atomic E-state index is 0.0260. The van der Waals surface area contributed by atoms with E-state index in [1.807, 2.05) is 85.5 Å². The lowest BCUT2D eigenvalue weighted by atomic mass is 9.77. The minimum atomic E-state index is -0.939. The Morgan fingerprint density at radius 1 is 0.352 bits per heavy atom. The van der Waals surface area contributed by atoms with Crippen LogP contribution in [0.1, 0.15) is 146 Å². The van der Waals surface area contributed by atoms with E-state index in [0.29, 0.717) is 34.9 Å². The first-order valence-corrected chi connectivity index (χ1v) is 42.2. The predicted molar refractivity (Wildman–Crippen MR) is 506 cm³/mol. The molecule has 2 atom stereocenters. The van der Waals surface area contributed by atoms with Crippen LogP contribution in [0.4, 0.5) is 22.7 Å². The Labute approximate surface area is 720 Å². The zero-order valence-corrected chi connectivity index (χ0v) is 68.3. The number of amides is 4. The average molecular weight is 1610 g/mol. The summed E-state index contributed by atoms with van der Waals surface area (Å²) in [5, 5.41) is 31.3. The van der Waals surface area contributed by atoms with Crippen LogP contribution in [0.15, 0.2) is 359 Å². The zero-order valence-electron chi connectivity index (χ0n) is 68.3. The highest BCUT2D eigenvalue weighted by molar-refractivity contribution is 6.42. The third kappa shape index (κ3) is 10.5. The van der Waals surface area contributed by atoms with Gasteiger partial charge in [-0.2, -0.15) is 0 Å². The molecule has 594 valence electrons. The van der Waals surface area contributed by atoms with Gasteiger partial charge < -0.3 is 29.1 Å². The van der Waals surface area contributed by atoms with Crippen molar-refractivity contribution in [1.82, 2.24) is 9.13 Å². The number of carbonyl (C=O) groups excluding carboxylic acids is 4. The number of para-hydroxylation sites is 4. The predicted octanol–water partition coefficient (Wildman–Crippen LogP) is 25.6. The molecule has 12 nitrogen and oxygen atoms in total. The van der Waals surface area contributed by atoms with Gasteiger partial charge in [-0.05, 0) is 188 Å². The van der Waals surface area contributed by atoms with E-state index in [9.17, 15) is 10.2 Å². The van der Waals surface area contributed by atoms with Crippen LogP contribution in [0.2, 0.25) is 0 Å². The number of aromatic nitrogens is 2. The molecule has 2 N–H and O–H groups in total. The quantitative estimate of drug-likeness (QED) is 0.109. The number of rotatable bonds is 13. The van der Waals surface area contributed by atoms with Crippen LogP contribution in [0.25, 0.3) is 111 Å². The molecule has 17 aromatic rings. The average Bonchev–Trinajstić information content (AvgIpc) is 1.67. The highest BCUT2D eigenvalue weighted by Gasteiger charge is 2.45. The van der Waals surface area contributed by atoms with Crippen molar-refractivity contribution in [3.05, 3.63) is 454 Å². The maximum absolute atomic E-state index is 15.8. The fourth-order valence-electron chi connectivity index (χ4n) is 21.4. The van der Waals surface area contributed by atoms with Crippen molar-refractivity contribution in [2.75, 3.05) is 19.6 Å². The Morgan fingerprint density at radius 3 is 1.29 bits per heavy atom. The molecule has 4 aliphatic heterocycles. The van der Waals surface area contributed by atoms with Crippen LogP contribution < -0.4 is 19.6 Å². The number of hydrogen-bond acceptors (Lipinski definition) is 8. The molecule has 24 rings (SSSR count). The summed E-state index contributed by atoms with van der Waals surface area (Å²) in [6.45, 7) is 24.0. The van der Waals surface area contributed by atoms with E-state index in [1.165, 1.54) is 38.1 Å². The Morgan fingerprint density at radius 2 is 0.760 bits per heavy atom. The van der Waals surface area contributed by atoms with Gasteiger partial charge in [0.2, 0.25) is 0 Å². The van der Waals surface area contributed by atoms with Crippen molar-refractivity contribution in [2.24, 2.45) is 0 Å². The molecular weight excluding hydrogens is 1540 g/mol. The number of imide groups is 2. The second-order valence-corrected chi connectivity index (χ2v) is 34.2. The summed E-state index contributed by atoms with van der Waals surface area (Å²) in [6, 6.07) is 101. The van der Waals surface area contributed by atoms with Crippen LogP contribution >= 0.6 is 0 Å². The Hall–Kier alpha value is -16.2. The molecule has 12 heteroatoms. The lowest BCUT2D eigenvalue weighted by Crippen LogP contribution is -2.43. The molecular formula is C113H76N6O6. The van der Waals surface area contributed by atoms with E-state index in [4.69, 9.17) is 26.3 Å². The van der Waals surface area contributed by atoms with E-state index < -0.39 is 29.0 Å². The summed E-state index contributed by atoms with van der Waals surface area (Å²) in [7, 11) is 0. The summed E-state index contributed by atoms with van der Waals surface area (Å²) in [5.74, 6) is -3.53. The minimum Gasteiger partial charge on any atom is -0.506 e. The van der Waals surface area contributed by atoms with Gasteiger partial charge in [-0.15, -0.1) is 0 Å². The number of nitrogens with zero attached hydrogens (tertiary/aromatic N) is 6. The zero-order chi connectivity index (χ0) is 84.4. The van der Waals surface area contributed by atoms with Crippen molar-refractivity contribution in [3.63, 3.8) is 0 Å². The molecule has 7 aliphatic rings. The summed E-state index contributed by atoms with van der Waals surface area (Å²) >= 11 is 0. The second kappa shape index (κ2) is 26.9. The number of hydrogen-bond donors (Lipinski definition) is 2. The smallest absolute Gasteiger partial charge is 0.266 e. The van der Waals surface area contributed by atoms with Crippen molar-refractivity contribution in [2.45, 2.75) is 44.1 Å². The first-order chi connectivity index (χ1) is 60.9. The van der Waals surface area contributed by atoms with Crippen LogP contribution in [-0.2, 0) is 12.0 Å². The molecule has 15 aromatic carbocycles. The van der Waals surface area contributed by atoms with Crippen molar-refractivity contribution >= 4 is 152 Å². The lowest BCUT2D eigenvalue weighted by molar-refractivity contribution is 0.0872. The van der Waals surface area contributed by atoms with Gasteiger partial charge >= 0.3 is 0 Å². The van der Waals surface area contributed by atoms with Crippen molar-refractivity contribution in [3.8, 4) is 17.2 Å². The van der Waals surface area contributed by atoms with Crippen LogP contribution in [-0.4, -0.2) is 43.0 Å². The molecule has 6 heterocycles. The van der Waals surface area contributed by atoms with Crippen molar-refractivity contribution < 1.29 is 29.4 Å². The highest BCUT2D eigenvalue weighted by Crippen LogP contribution is 2.57. The molecule has 0 spiro atoms. The molecule has 4 amide bonds. The van der Waals surface area contributed by atoms with Gasteiger partial charge in [0.25, 0.3) is 23.6 Å². The number of aromatic hydroxyl groups is 2.